The van der Waals surface area contributed by atoms with Crippen molar-refractivity contribution in [3.63, 3.8) is 0 Å². The van der Waals surface area contributed by atoms with Crippen LogP contribution in [0, 0.1) is 0 Å². The van der Waals surface area contributed by atoms with Gasteiger partial charge in [-0.15, -0.1) is 12.4 Å². The minimum atomic E-state index is 0. The van der Waals surface area contributed by atoms with Gasteiger partial charge in [0.15, 0.2) is 0 Å². The lowest BCUT2D eigenvalue weighted by Gasteiger charge is -2.35. The zero-order valence-corrected chi connectivity index (χ0v) is 17.5. The van der Waals surface area contributed by atoms with E-state index in [0.717, 1.165) is 18.4 Å². The van der Waals surface area contributed by atoms with Crippen LogP contribution in [0.15, 0.2) is 48.5 Å². The summed E-state index contributed by atoms with van der Waals surface area (Å²) in [5.74, 6) is 0.758. The van der Waals surface area contributed by atoms with Crippen molar-refractivity contribution in [2.24, 2.45) is 0 Å². The minimum Gasteiger partial charge on any atom is -0.489 e. The van der Waals surface area contributed by atoms with Gasteiger partial charge in [-0.25, -0.2) is 0 Å². The third-order valence-corrected chi connectivity index (χ3v) is 5.93. The molecule has 2 aromatic carbocycles. The maximum absolute atomic E-state index is 13.0. The number of carbonyl (C=O) groups excluding carboxylic acids is 1. The molecule has 0 radical (unpaired) electrons. The SMILES string of the molecule is CN(C(=O)c1cccc(OCc2cccc(Cl)c2)c1)C1CC2CCC(C1)N2.Cl. The lowest BCUT2D eigenvalue weighted by atomic mass is 9.98. The molecule has 0 aliphatic carbocycles. The number of fused-ring (bicyclic) bond motifs is 2. The van der Waals surface area contributed by atoms with Crippen molar-refractivity contribution >= 4 is 29.9 Å². The predicted octanol–water partition coefficient (Wildman–Crippen LogP) is 4.70. The van der Waals surface area contributed by atoms with Crippen molar-refractivity contribution in [2.75, 3.05) is 7.05 Å². The van der Waals surface area contributed by atoms with E-state index in [1.165, 1.54) is 12.8 Å². The molecule has 2 aromatic rings. The molecule has 0 spiro atoms. The van der Waals surface area contributed by atoms with E-state index >= 15 is 0 Å². The molecule has 2 unspecified atom stereocenters. The fraction of sp³-hybridized carbons (Fsp3) is 0.409. The van der Waals surface area contributed by atoms with Gasteiger partial charge in [0, 0.05) is 35.8 Å². The summed E-state index contributed by atoms with van der Waals surface area (Å²) < 4.78 is 5.87. The van der Waals surface area contributed by atoms with Gasteiger partial charge in [-0.2, -0.15) is 0 Å². The number of amides is 1. The summed E-state index contributed by atoms with van der Waals surface area (Å²) in [6.07, 6.45) is 4.56. The largest absolute Gasteiger partial charge is 0.489 e. The second-order valence-corrected chi connectivity index (χ2v) is 8.06. The zero-order valence-electron chi connectivity index (χ0n) is 15.9. The molecule has 2 aliphatic heterocycles. The monoisotopic (exact) mass is 420 g/mol. The molecule has 2 aliphatic rings. The summed E-state index contributed by atoms with van der Waals surface area (Å²) in [7, 11) is 1.93. The molecule has 4 nitrogen and oxygen atoms in total. The number of halogens is 2. The first kappa shape index (κ1) is 21.0. The molecule has 1 N–H and O–H groups in total. The fourth-order valence-electron chi connectivity index (χ4n) is 4.23. The number of carbonyl (C=O) groups is 1. The smallest absolute Gasteiger partial charge is 0.253 e. The lowest BCUT2D eigenvalue weighted by molar-refractivity contribution is 0.0681. The standard InChI is InChI=1S/C22H25ClN2O2.ClH/c1-25(20-12-18-8-9-19(13-20)24-18)22(26)16-5-3-7-21(11-16)27-14-15-4-2-6-17(23)10-15;/h2-7,10-11,18-20,24H,8-9,12-14H2,1H3;1H. The van der Waals surface area contributed by atoms with Crippen molar-refractivity contribution in [3.8, 4) is 5.75 Å². The normalized spacial score (nSPS) is 23.0. The van der Waals surface area contributed by atoms with E-state index in [1.807, 2.05) is 60.5 Å². The highest BCUT2D eigenvalue weighted by molar-refractivity contribution is 6.30. The van der Waals surface area contributed by atoms with Crippen molar-refractivity contribution < 1.29 is 9.53 Å². The van der Waals surface area contributed by atoms with Crippen molar-refractivity contribution in [1.82, 2.24) is 10.2 Å². The molecule has 6 heteroatoms. The maximum atomic E-state index is 13.0. The summed E-state index contributed by atoms with van der Waals surface area (Å²) in [6, 6.07) is 16.5. The molecule has 28 heavy (non-hydrogen) atoms. The van der Waals surface area contributed by atoms with Crippen LogP contribution < -0.4 is 10.1 Å². The van der Waals surface area contributed by atoms with Gasteiger partial charge < -0.3 is 15.0 Å². The van der Waals surface area contributed by atoms with Gasteiger partial charge in [0.1, 0.15) is 12.4 Å². The number of hydrogen-bond donors (Lipinski definition) is 1. The molecule has 150 valence electrons. The Morgan fingerprint density at radius 3 is 2.57 bits per heavy atom. The number of piperidine rings is 1. The zero-order chi connectivity index (χ0) is 18.8. The fourth-order valence-corrected chi connectivity index (χ4v) is 4.44. The Labute approximate surface area is 177 Å². The van der Waals surface area contributed by atoms with Gasteiger partial charge in [-0.1, -0.05) is 29.8 Å². The van der Waals surface area contributed by atoms with Crippen LogP contribution in [-0.4, -0.2) is 36.0 Å². The molecule has 2 saturated heterocycles. The van der Waals surface area contributed by atoms with Crippen LogP contribution >= 0.6 is 24.0 Å². The minimum absolute atomic E-state index is 0. The quantitative estimate of drug-likeness (QED) is 0.761. The Hall–Kier alpha value is -1.75. The highest BCUT2D eigenvalue weighted by atomic mass is 35.5. The number of ether oxygens (including phenoxy) is 1. The average molecular weight is 421 g/mol. The Morgan fingerprint density at radius 1 is 1.14 bits per heavy atom. The maximum Gasteiger partial charge on any atom is 0.253 e. The van der Waals surface area contributed by atoms with Crippen LogP contribution in [0.5, 0.6) is 5.75 Å². The van der Waals surface area contributed by atoms with E-state index < -0.39 is 0 Å². The van der Waals surface area contributed by atoms with Crippen molar-refractivity contribution in [2.45, 2.75) is 50.4 Å². The molecule has 0 saturated carbocycles. The molecule has 2 bridgehead atoms. The topological polar surface area (TPSA) is 41.6 Å². The van der Waals surface area contributed by atoms with E-state index in [1.54, 1.807) is 0 Å². The summed E-state index contributed by atoms with van der Waals surface area (Å²) in [5, 5.41) is 4.32. The van der Waals surface area contributed by atoms with Crippen LogP contribution in [0.3, 0.4) is 0 Å². The molecule has 4 rings (SSSR count). The first-order valence-corrected chi connectivity index (χ1v) is 9.97. The highest BCUT2D eigenvalue weighted by Gasteiger charge is 2.36. The van der Waals surface area contributed by atoms with E-state index in [2.05, 4.69) is 5.32 Å². The number of nitrogens with zero attached hydrogens (tertiary/aromatic N) is 1. The van der Waals surface area contributed by atoms with Gasteiger partial charge in [-0.3, -0.25) is 4.79 Å². The van der Waals surface area contributed by atoms with Crippen LogP contribution in [0.2, 0.25) is 5.02 Å². The number of nitrogens with one attached hydrogen (secondary N) is 1. The van der Waals surface area contributed by atoms with E-state index in [-0.39, 0.29) is 18.3 Å². The van der Waals surface area contributed by atoms with E-state index in [9.17, 15) is 4.79 Å². The molecule has 0 aromatic heterocycles. The summed E-state index contributed by atoms with van der Waals surface area (Å²) >= 11 is 6.02. The summed E-state index contributed by atoms with van der Waals surface area (Å²) in [4.78, 5) is 14.9. The number of rotatable bonds is 5. The van der Waals surface area contributed by atoms with Crippen LogP contribution in [0.4, 0.5) is 0 Å². The Bertz CT molecular complexity index is 818. The molecule has 1 amide bonds. The van der Waals surface area contributed by atoms with Crippen molar-refractivity contribution in [1.29, 1.82) is 0 Å². The number of benzene rings is 2. The predicted molar refractivity (Wildman–Crippen MR) is 115 cm³/mol. The van der Waals surface area contributed by atoms with Gasteiger partial charge in [0.2, 0.25) is 0 Å². The Kier molecular flexibility index (Phi) is 6.86. The third kappa shape index (κ3) is 4.80. The summed E-state index contributed by atoms with van der Waals surface area (Å²) in [6.45, 7) is 0.422. The van der Waals surface area contributed by atoms with Crippen LogP contribution in [0.1, 0.15) is 41.6 Å². The van der Waals surface area contributed by atoms with E-state index in [4.69, 9.17) is 16.3 Å². The van der Waals surface area contributed by atoms with Gasteiger partial charge in [0.25, 0.3) is 5.91 Å². The molecule has 2 atom stereocenters. The van der Waals surface area contributed by atoms with Gasteiger partial charge in [0.05, 0.1) is 0 Å². The second-order valence-electron chi connectivity index (χ2n) is 7.63. The average Bonchev–Trinajstić information content (AvgIpc) is 3.03. The van der Waals surface area contributed by atoms with Crippen LogP contribution in [0.25, 0.3) is 0 Å². The number of hydrogen-bond acceptors (Lipinski definition) is 3. The third-order valence-electron chi connectivity index (χ3n) is 5.69. The molecule has 2 heterocycles. The highest BCUT2D eigenvalue weighted by Crippen LogP contribution is 2.30. The molecule has 2 fully saturated rings. The Morgan fingerprint density at radius 2 is 1.86 bits per heavy atom. The first-order chi connectivity index (χ1) is 13.1. The molecular weight excluding hydrogens is 395 g/mol. The summed E-state index contributed by atoms with van der Waals surface area (Å²) in [5.41, 5.74) is 1.67. The van der Waals surface area contributed by atoms with E-state index in [0.29, 0.717) is 41.1 Å². The first-order valence-electron chi connectivity index (χ1n) is 9.59. The van der Waals surface area contributed by atoms with Crippen molar-refractivity contribution in [3.05, 3.63) is 64.7 Å². The van der Waals surface area contributed by atoms with Gasteiger partial charge in [-0.05, 0) is 61.6 Å². The van der Waals surface area contributed by atoms with Crippen LogP contribution in [-0.2, 0) is 6.61 Å². The second kappa shape index (κ2) is 9.17. The Balaban J connectivity index is 0.00000225. The van der Waals surface area contributed by atoms with Gasteiger partial charge >= 0.3 is 0 Å². The molecular formula is C22H26Cl2N2O2. The lowest BCUT2D eigenvalue weighted by Crippen LogP contribution is -2.48.